The Labute approximate surface area is 119 Å². The van der Waals surface area contributed by atoms with E-state index in [0.717, 1.165) is 5.71 Å². The summed E-state index contributed by atoms with van der Waals surface area (Å²) in [5.41, 5.74) is 4.18. The van der Waals surface area contributed by atoms with Crippen LogP contribution in [0.3, 0.4) is 0 Å². The Morgan fingerprint density at radius 2 is 2.30 bits per heavy atom. The average Bonchev–Trinajstić information content (AvgIpc) is 3.09. The van der Waals surface area contributed by atoms with E-state index in [-0.39, 0.29) is 11.7 Å². The largest absolute Gasteiger partial charge is 0.463 e. The van der Waals surface area contributed by atoms with Crippen LogP contribution in [0.1, 0.15) is 23.8 Å². The van der Waals surface area contributed by atoms with Crippen LogP contribution in [0.5, 0.6) is 0 Å². The van der Waals surface area contributed by atoms with Crippen LogP contribution in [0.25, 0.3) is 0 Å². The number of furan rings is 1. The van der Waals surface area contributed by atoms with Gasteiger partial charge in [0.05, 0.1) is 22.8 Å². The zero-order valence-corrected chi connectivity index (χ0v) is 11.0. The predicted octanol–water partition coefficient (Wildman–Crippen LogP) is 3.28. The van der Waals surface area contributed by atoms with Crippen molar-refractivity contribution in [2.75, 3.05) is 0 Å². The van der Waals surface area contributed by atoms with E-state index in [4.69, 9.17) is 16.0 Å². The van der Waals surface area contributed by atoms with Crippen molar-refractivity contribution >= 4 is 23.0 Å². The molecule has 0 radical (unpaired) electrons. The topological polar surface area (TPSA) is 80.7 Å². The summed E-state index contributed by atoms with van der Waals surface area (Å²) < 4.78 is 5.27. The summed E-state index contributed by atoms with van der Waals surface area (Å²) in [5.74, 6) is 0.657. The molecule has 1 unspecified atom stereocenters. The predicted molar refractivity (Wildman–Crippen MR) is 73.8 cm³/mol. The lowest BCUT2D eigenvalue weighted by molar-refractivity contribution is -0.385. The Kier molecular flexibility index (Phi) is 3.15. The average molecular weight is 292 g/mol. The van der Waals surface area contributed by atoms with Gasteiger partial charge in [-0.3, -0.25) is 10.1 Å². The molecule has 0 saturated heterocycles. The molecule has 6 nitrogen and oxygen atoms in total. The Morgan fingerprint density at radius 3 is 3.00 bits per heavy atom. The van der Waals surface area contributed by atoms with Crippen LogP contribution in [0.4, 0.5) is 5.69 Å². The SMILES string of the molecule is O=[N+]([O-])c1ccc(Cl)cc1C1CC(c2ccco2)=NN1. The van der Waals surface area contributed by atoms with Gasteiger partial charge in [0.25, 0.3) is 5.69 Å². The van der Waals surface area contributed by atoms with E-state index in [1.54, 1.807) is 24.5 Å². The third kappa shape index (κ3) is 2.25. The number of hydrogen-bond donors (Lipinski definition) is 1. The van der Waals surface area contributed by atoms with E-state index in [9.17, 15) is 10.1 Å². The normalized spacial score (nSPS) is 17.6. The van der Waals surface area contributed by atoms with Crippen LogP contribution in [-0.4, -0.2) is 10.6 Å². The molecule has 1 aromatic heterocycles. The maximum absolute atomic E-state index is 11.1. The van der Waals surface area contributed by atoms with E-state index in [2.05, 4.69) is 10.5 Å². The van der Waals surface area contributed by atoms with Crippen LogP contribution < -0.4 is 5.43 Å². The molecule has 1 aliphatic heterocycles. The monoisotopic (exact) mass is 291 g/mol. The number of hydrazone groups is 1. The minimum Gasteiger partial charge on any atom is -0.463 e. The quantitative estimate of drug-likeness (QED) is 0.695. The number of nitro benzene ring substituents is 1. The number of nitrogens with one attached hydrogen (secondary N) is 1. The van der Waals surface area contributed by atoms with Crippen molar-refractivity contribution in [2.24, 2.45) is 5.10 Å². The lowest BCUT2D eigenvalue weighted by Crippen LogP contribution is -2.12. The second-order valence-electron chi connectivity index (χ2n) is 4.38. The molecule has 1 aliphatic rings. The molecule has 20 heavy (non-hydrogen) atoms. The molecular formula is C13H10ClN3O3. The number of hydrogen-bond acceptors (Lipinski definition) is 5. The summed E-state index contributed by atoms with van der Waals surface area (Å²) >= 11 is 5.93. The van der Waals surface area contributed by atoms with E-state index in [0.29, 0.717) is 22.8 Å². The molecule has 0 aliphatic carbocycles. The zero-order valence-electron chi connectivity index (χ0n) is 10.2. The third-order valence-corrected chi connectivity index (χ3v) is 3.36. The minimum atomic E-state index is -0.418. The van der Waals surface area contributed by atoms with Gasteiger partial charge in [-0.05, 0) is 24.3 Å². The molecule has 0 bridgehead atoms. The van der Waals surface area contributed by atoms with Crippen LogP contribution in [0.2, 0.25) is 5.02 Å². The van der Waals surface area contributed by atoms with Crippen molar-refractivity contribution in [3.8, 4) is 0 Å². The molecule has 2 heterocycles. The molecule has 3 rings (SSSR count). The Hall–Kier alpha value is -2.34. The molecule has 102 valence electrons. The number of halogens is 1. The second kappa shape index (κ2) is 4.97. The van der Waals surface area contributed by atoms with Crippen LogP contribution in [0.15, 0.2) is 46.1 Å². The maximum Gasteiger partial charge on any atom is 0.274 e. The fraction of sp³-hybridized carbons (Fsp3) is 0.154. The lowest BCUT2D eigenvalue weighted by atomic mass is 10.0. The molecule has 0 fully saturated rings. The van der Waals surface area contributed by atoms with Crippen molar-refractivity contribution in [1.82, 2.24) is 5.43 Å². The Balaban J connectivity index is 1.89. The van der Waals surface area contributed by atoms with Crippen LogP contribution in [0, 0.1) is 10.1 Å². The molecule has 0 amide bonds. The summed E-state index contributed by atoms with van der Waals surface area (Å²) in [7, 11) is 0. The molecular weight excluding hydrogens is 282 g/mol. The first kappa shape index (κ1) is 12.7. The standard InChI is InChI=1S/C13H10ClN3O3/c14-8-3-4-12(17(18)19)9(6-8)10-7-11(16-15-10)13-2-1-5-20-13/h1-6,10,15H,7H2. The molecule has 0 saturated carbocycles. The summed E-state index contributed by atoms with van der Waals surface area (Å²) in [6.07, 6.45) is 2.07. The van der Waals surface area contributed by atoms with E-state index in [1.165, 1.54) is 12.1 Å². The highest BCUT2D eigenvalue weighted by Gasteiger charge is 2.28. The molecule has 1 N–H and O–H groups in total. The van der Waals surface area contributed by atoms with Crippen LogP contribution >= 0.6 is 11.6 Å². The fourth-order valence-electron chi connectivity index (χ4n) is 2.19. The smallest absolute Gasteiger partial charge is 0.274 e. The van der Waals surface area contributed by atoms with Crippen molar-refractivity contribution in [1.29, 1.82) is 0 Å². The second-order valence-corrected chi connectivity index (χ2v) is 4.82. The van der Waals surface area contributed by atoms with Gasteiger partial charge in [-0.2, -0.15) is 5.10 Å². The van der Waals surface area contributed by atoms with E-state index in [1.807, 2.05) is 0 Å². The lowest BCUT2D eigenvalue weighted by Gasteiger charge is -2.10. The van der Waals surface area contributed by atoms with Gasteiger partial charge in [-0.15, -0.1) is 0 Å². The van der Waals surface area contributed by atoms with Gasteiger partial charge in [0, 0.05) is 17.5 Å². The van der Waals surface area contributed by atoms with Crippen molar-refractivity contribution in [3.05, 3.63) is 63.1 Å². The van der Waals surface area contributed by atoms with Gasteiger partial charge >= 0.3 is 0 Å². The highest BCUT2D eigenvalue weighted by Crippen LogP contribution is 2.33. The molecule has 0 spiro atoms. The highest BCUT2D eigenvalue weighted by molar-refractivity contribution is 6.30. The van der Waals surface area contributed by atoms with Gasteiger partial charge in [0.2, 0.25) is 0 Å². The summed E-state index contributed by atoms with van der Waals surface area (Å²) in [6.45, 7) is 0. The van der Waals surface area contributed by atoms with Gasteiger partial charge in [0.1, 0.15) is 11.5 Å². The van der Waals surface area contributed by atoms with Crippen LogP contribution in [-0.2, 0) is 0 Å². The number of benzene rings is 1. The summed E-state index contributed by atoms with van der Waals surface area (Å²) in [5, 5.41) is 15.7. The molecule has 2 aromatic rings. The summed E-state index contributed by atoms with van der Waals surface area (Å²) in [4.78, 5) is 10.7. The first-order valence-corrected chi connectivity index (χ1v) is 6.33. The van der Waals surface area contributed by atoms with Gasteiger partial charge < -0.3 is 9.84 Å². The third-order valence-electron chi connectivity index (χ3n) is 3.12. The molecule has 1 atom stereocenters. The Morgan fingerprint density at radius 1 is 1.45 bits per heavy atom. The zero-order chi connectivity index (χ0) is 14.1. The summed E-state index contributed by atoms with van der Waals surface area (Å²) in [6, 6.07) is 7.80. The van der Waals surface area contributed by atoms with Crippen molar-refractivity contribution in [2.45, 2.75) is 12.5 Å². The number of nitrogens with zero attached hydrogens (tertiary/aromatic N) is 2. The van der Waals surface area contributed by atoms with Crippen molar-refractivity contribution in [3.63, 3.8) is 0 Å². The van der Waals surface area contributed by atoms with Gasteiger partial charge in [0.15, 0.2) is 0 Å². The fourth-order valence-corrected chi connectivity index (χ4v) is 2.37. The van der Waals surface area contributed by atoms with E-state index < -0.39 is 4.92 Å². The number of nitro groups is 1. The first-order valence-electron chi connectivity index (χ1n) is 5.95. The molecule has 7 heteroatoms. The molecule has 1 aromatic carbocycles. The highest BCUT2D eigenvalue weighted by atomic mass is 35.5. The van der Waals surface area contributed by atoms with Gasteiger partial charge in [-0.25, -0.2) is 0 Å². The minimum absolute atomic E-state index is 0.0304. The number of rotatable bonds is 3. The first-order chi connectivity index (χ1) is 9.65. The Bertz CT molecular complexity index is 682. The maximum atomic E-state index is 11.1. The van der Waals surface area contributed by atoms with Crippen molar-refractivity contribution < 1.29 is 9.34 Å². The van der Waals surface area contributed by atoms with Gasteiger partial charge in [-0.1, -0.05) is 11.6 Å². The van der Waals surface area contributed by atoms with E-state index >= 15 is 0 Å².